The van der Waals surface area contributed by atoms with E-state index in [9.17, 15) is 19.2 Å². The molecule has 1 aromatic heterocycles. The van der Waals surface area contributed by atoms with Crippen LogP contribution in [-0.2, 0) is 27.3 Å². The van der Waals surface area contributed by atoms with Crippen LogP contribution in [0, 0.1) is 17.8 Å². The molecule has 1 aromatic carbocycles. The number of aryl methyl sites for hydroxylation is 2. The standard InChI is InChI=1S/C28H36BrN5O4/c1-16-10-18-8-6-5-7-9-27(3,4)26(38)30-15-28-12-20(25(37)31-29)34(21(28)13-28)22(36)14-33-24(18)19(11-16)23(32-33)17(2)35/h10-11,20-21H,5-9,12-15H2,1-4H3,(H,30,38)(H,31,37)/t20-,21+,28-/m0/s1. The molecule has 3 atom stereocenters. The molecule has 9 nitrogen and oxygen atoms in total. The summed E-state index contributed by atoms with van der Waals surface area (Å²) in [5.74, 6) is -0.614. The SMILES string of the molecule is CC(=O)c1nn2c3c(cc(C)cc13)CCCCCC(C)(C)C(=O)NC[C@@]13C[C@@H](C(=O)NBr)N(C(=O)C2)[C@@H]1C3. The fourth-order valence-corrected chi connectivity index (χ4v) is 6.80. The van der Waals surface area contributed by atoms with Gasteiger partial charge >= 0.3 is 0 Å². The van der Waals surface area contributed by atoms with Gasteiger partial charge in [0.2, 0.25) is 11.8 Å². The fourth-order valence-electron chi connectivity index (χ4n) is 6.54. The Morgan fingerprint density at radius 1 is 1.16 bits per heavy atom. The molecule has 3 amide bonds. The Bertz CT molecular complexity index is 1330. The van der Waals surface area contributed by atoms with Crippen LogP contribution in [0.4, 0.5) is 0 Å². The first kappa shape index (κ1) is 26.8. The molecular formula is C28H36BrN5O4. The van der Waals surface area contributed by atoms with E-state index in [0.29, 0.717) is 18.7 Å². The monoisotopic (exact) mass is 585 g/mol. The number of hydrogen-bond acceptors (Lipinski definition) is 5. The van der Waals surface area contributed by atoms with Gasteiger partial charge in [0.1, 0.15) is 18.3 Å². The quantitative estimate of drug-likeness (QED) is 0.413. The first-order chi connectivity index (χ1) is 18.0. The Morgan fingerprint density at radius 2 is 1.92 bits per heavy atom. The van der Waals surface area contributed by atoms with Crippen molar-refractivity contribution < 1.29 is 19.2 Å². The van der Waals surface area contributed by atoms with Crippen LogP contribution in [0.5, 0.6) is 0 Å². The number of carbonyl (C=O) groups is 4. The minimum atomic E-state index is -0.639. The van der Waals surface area contributed by atoms with Gasteiger partial charge in [0.15, 0.2) is 5.78 Å². The molecular weight excluding hydrogens is 550 g/mol. The van der Waals surface area contributed by atoms with Gasteiger partial charge < -0.3 is 10.2 Å². The number of benzene rings is 1. The van der Waals surface area contributed by atoms with E-state index in [4.69, 9.17) is 0 Å². The molecule has 2 aliphatic heterocycles. The Morgan fingerprint density at radius 3 is 2.63 bits per heavy atom. The van der Waals surface area contributed by atoms with Gasteiger partial charge in [-0.1, -0.05) is 38.3 Å². The summed E-state index contributed by atoms with van der Waals surface area (Å²) in [4.78, 5) is 54.0. The second kappa shape index (κ2) is 9.77. The third-order valence-corrected chi connectivity index (χ3v) is 9.14. The summed E-state index contributed by atoms with van der Waals surface area (Å²) >= 11 is 3.05. The Balaban J connectivity index is 1.57. The van der Waals surface area contributed by atoms with Crippen LogP contribution < -0.4 is 9.66 Å². The van der Waals surface area contributed by atoms with Crippen molar-refractivity contribution in [1.29, 1.82) is 0 Å². The number of halogens is 1. The van der Waals surface area contributed by atoms with E-state index >= 15 is 0 Å². The number of amides is 3. The Hall–Kier alpha value is -2.75. The summed E-state index contributed by atoms with van der Waals surface area (Å²) in [6, 6.07) is 3.32. The van der Waals surface area contributed by atoms with E-state index in [2.05, 4.69) is 37.0 Å². The van der Waals surface area contributed by atoms with Crippen LogP contribution in [0.25, 0.3) is 10.9 Å². The van der Waals surface area contributed by atoms with E-state index in [1.807, 2.05) is 26.8 Å². The number of aromatic nitrogens is 2. The summed E-state index contributed by atoms with van der Waals surface area (Å²) in [6.45, 7) is 7.86. The van der Waals surface area contributed by atoms with Gasteiger partial charge in [0, 0.05) is 51.9 Å². The van der Waals surface area contributed by atoms with Gasteiger partial charge in [-0.2, -0.15) is 5.10 Å². The maximum Gasteiger partial charge on any atom is 0.252 e. The molecule has 0 spiro atoms. The minimum absolute atomic E-state index is 0.0189. The van der Waals surface area contributed by atoms with Crippen LogP contribution in [0.15, 0.2) is 12.1 Å². The largest absolute Gasteiger partial charge is 0.355 e. The van der Waals surface area contributed by atoms with Crippen LogP contribution in [0.3, 0.4) is 0 Å². The minimum Gasteiger partial charge on any atom is -0.355 e. The van der Waals surface area contributed by atoms with Gasteiger partial charge in [-0.25, -0.2) is 0 Å². The molecule has 2 fully saturated rings. The number of rotatable bonds is 2. The Labute approximate surface area is 231 Å². The molecule has 1 saturated heterocycles. The average Bonchev–Trinajstić information content (AvgIpc) is 3.27. The van der Waals surface area contributed by atoms with Gasteiger partial charge in [0.05, 0.1) is 5.52 Å². The number of piperidine rings is 1. The van der Waals surface area contributed by atoms with Crippen molar-refractivity contribution in [3.8, 4) is 0 Å². The second-order valence-corrected chi connectivity index (χ2v) is 12.5. The van der Waals surface area contributed by atoms with Crippen LogP contribution in [0.2, 0.25) is 0 Å². The molecule has 0 unspecified atom stereocenters. The van der Waals surface area contributed by atoms with Crippen molar-refractivity contribution in [2.75, 3.05) is 6.54 Å². The van der Waals surface area contributed by atoms with E-state index in [1.165, 1.54) is 6.92 Å². The lowest BCUT2D eigenvalue weighted by molar-refractivity contribution is -0.139. The molecule has 0 radical (unpaired) electrons. The van der Waals surface area contributed by atoms with E-state index in [1.54, 1.807) is 9.58 Å². The number of nitrogens with zero attached hydrogens (tertiary/aromatic N) is 3. The number of hydrogen-bond donors (Lipinski definition) is 2. The zero-order valence-corrected chi connectivity index (χ0v) is 24.1. The van der Waals surface area contributed by atoms with Crippen molar-refractivity contribution in [1.82, 2.24) is 24.3 Å². The number of ketones is 1. The highest BCUT2D eigenvalue weighted by Crippen LogP contribution is 2.59. The molecule has 38 heavy (non-hydrogen) atoms. The van der Waals surface area contributed by atoms with Crippen LogP contribution in [-0.4, -0.2) is 56.8 Å². The summed E-state index contributed by atoms with van der Waals surface area (Å²) in [7, 11) is 0. The topological polar surface area (TPSA) is 113 Å². The van der Waals surface area contributed by atoms with Crippen molar-refractivity contribution in [3.05, 3.63) is 29.0 Å². The molecule has 3 aliphatic rings. The van der Waals surface area contributed by atoms with Crippen LogP contribution >= 0.6 is 16.1 Å². The number of nitrogens with one attached hydrogen (secondary N) is 2. The fraction of sp³-hybridized carbons (Fsp3) is 0.607. The van der Waals surface area contributed by atoms with Gasteiger partial charge in [-0.3, -0.25) is 28.2 Å². The van der Waals surface area contributed by atoms with E-state index in [0.717, 1.165) is 60.6 Å². The summed E-state index contributed by atoms with van der Waals surface area (Å²) in [5, 5.41) is 8.54. The molecule has 10 heteroatoms. The van der Waals surface area contributed by atoms with Crippen LogP contribution in [0.1, 0.15) is 80.9 Å². The first-order valence-corrected chi connectivity index (χ1v) is 14.3. The molecule has 5 rings (SSSR count). The molecule has 2 aromatic rings. The maximum atomic E-state index is 13.8. The molecule has 204 valence electrons. The lowest BCUT2D eigenvalue weighted by Gasteiger charge is -2.26. The van der Waals surface area contributed by atoms with Gasteiger partial charge in [-0.15, -0.1) is 0 Å². The predicted molar refractivity (Wildman–Crippen MR) is 147 cm³/mol. The number of Topliss-reactive ketones (excluding diaryl/α,β-unsaturated/α-hetero) is 1. The lowest BCUT2D eigenvalue weighted by atomic mass is 9.85. The normalized spacial score (nSPS) is 27.4. The molecule has 3 heterocycles. The lowest BCUT2D eigenvalue weighted by Crippen LogP contribution is -2.47. The van der Waals surface area contributed by atoms with Gasteiger partial charge in [-0.05, 0) is 50.7 Å². The highest BCUT2D eigenvalue weighted by atomic mass is 79.9. The third-order valence-electron chi connectivity index (χ3n) is 8.75. The third kappa shape index (κ3) is 4.65. The first-order valence-electron chi connectivity index (χ1n) is 13.5. The molecule has 2 bridgehead atoms. The molecule has 2 N–H and O–H groups in total. The van der Waals surface area contributed by atoms with Crippen molar-refractivity contribution in [2.24, 2.45) is 10.8 Å². The summed E-state index contributed by atoms with van der Waals surface area (Å²) < 4.78 is 4.19. The molecule has 1 saturated carbocycles. The zero-order valence-electron chi connectivity index (χ0n) is 22.5. The smallest absolute Gasteiger partial charge is 0.252 e. The van der Waals surface area contributed by atoms with Gasteiger partial charge in [0.25, 0.3) is 5.91 Å². The highest BCUT2D eigenvalue weighted by Gasteiger charge is 2.67. The maximum absolute atomic E-state index is 13.8. The summed E-state index contributed by atoms with van der Waals surface area (Å²) in [6.07, 6.45) is 5.63. The molecule has 1 aliphatic carbocycles. The zero-order chi connectivity index (χ0) is 27.4. The van der Waals surface area contributed by atoms with Crippen molar-refractivity contribution in [2.45, 2.75) is 91.3 Å². The van der Waals surface area contributed by atoms with Crippen molar-refractivity contribution in [3.63, 3.8) is 0 Å². The van der Waals surface area contributed by atoms with Crippen molar-refractivity contribution >= 4 is 50.6 Å². The summed E-state index contributed by atoms with van der Waals surface area (Å²) in [5.41, 5.74) is 2.49. The predicted octanol–water partition coefficient (Wildman–Crippen LogP) is 3.59. The highest BCUT2D eigenvalue weighted by molar-refractivity contribution is 9.08. The average molecular weight is 587 g/mol. The van der Waals surface area contributed by atoms with E-state index in [-0.39, 0.29) is 41.5 Å². The number of carbonyl (C=O) groups excluding carboxylic acids is 4. The Kier molecular flexibility index (Phi) is 6.90. The second-order valence-electron chi connectivity index (χ2n) is 12.1. The van der Waals surface area contributed by atoms with E-state index < -0.39 is 11.5 Å².